The van der Waals surface area contributed by atoms with Crippen LogP contribution in [0.15, 0.2) is 21.9 Å². The number of alkyl carbamates (subject to hydrolysis) is 1. The molecule has 1 unspecified atom stereocenters. The molecule has 0 saturated carbocycles. The van der Waals surface area contributed by atoms with Gasteiger partial charge in [-0.2, -0.15) is 5.26 Å². The fourth-order valence-corrected chi connectivity index (χ4v) is 5.83. The fourth-order valence-electron chi connectivity index (χ4n) is 4.06. The van der Waals surface area contributed by atoms with E-state index < -0.39 is 50.4 Å². The van der Waals surface area contributed by atoms with Crippen molar-refractivity contribution in [2.75, 3.05) is 26.9 Å². The monoisotopic (exact) mass is 567 g/mol. The van der Waals surface area contributed by atoms with E-state index in [-0.39, 0.29) is 31.7 Å². The Morgan fingerprint density at radius 1 is 1.28 bits per heavy atom. The second kappa shape index (κ2) is 16.4. The number of ether oxygens (including phenoxy) is 3. The van der Waals surface area contributed by atoms with Gasteiger partial charge in [-0.15, -0.1) is 12.3 Å². The number of aromatic nitrogens is 2. The lowest BCUT2D eigenvalue weighted by Crippen LogP contribution is -2.42. The molecule has 0 aromatic carbocycles. The Kier molecular flexibility index (Phi) is 13.6. The zero-order chi connectivity index (χ0) is 28.9. The molecule has 1 aromatic heterocycles. The van der Waals surface area contributed by atoms with Crippen molar-refractivity contribution in [3.8, 4) is 18.4 Å². The molecule has 13 nitrogen and oxygen atoms in total. The lowest BCUT2D eigenvalue weighted by atomic mass is 10.1. The van der Waals surface area contributed by atoms with E-state index in [1.54, 1.807) is 0 Å². The van der Waals surface area contributed by atoms with Crippen molar-refractivity contribution in [2.24, 2.45) is 0 Å². The number of nitrogens with zero attached hydrogens (tertiary/aromatic N) is 3. The van der Waals surface area contributed by atoms with Gasteiger partial charge in [0.2, 0.25) is 0 Å². The molecule has 1 aliphatic rings. The summed E-state index contributed by atoms with van der Waals surface area (Å²) in [5.41, 5.74) is -1.25. The van der Waals surface area contributed by atoms with Gasteiger partial charge in [-0.05, 0) is 34.1 Å². The molecule has 1 saturated heterocycles. The Bertz CT molecular complexity index is 1100. The lowest BCUT2D eigenvalue weighted by molar-refractivity contribution is -0.0637. The summed E-state index contributed by atoms with van der Waals surface area (Å²) in [6, 6.07) is 3.31. The molecule has 2 rings (SSSR count). The summed E-state index contributed by atoms with van der Waals surface area (Å²) in [7, 11) is -0.281. The molecular weight excluding hydrogens is 529 g/mol. The van der Waals surface area contributed by atoms with Crippen LogP contribution in [0.2, 0.25) is 0 Å². The van der Waals surface area contributed by atoms with E-state index in [9.17, 15) is 14.4 Å². The number of aromatic amines is 1. The minimum absolute atomic E-state index is 0.0302. The van der Waals surface area contributed by atoms with Crippen molar-refractivity contribution < 1.29 is 28.1 Å². The largest absolute Gasteiger partial charge is 0.447 e. The van der Waals surface area contributed by atoms with Gasteiger partial charge in [0, 0.05) is 44.4 Å². The number of carbonyl (C=O) groups excluding carboxylic acids is 1. The maximum atomic E-state index is 12.6. The van der Waals surface area contributed by atoms with Crippen LogP contribution in [0.4, 0.5) is 4.79 Å². The van der Waals surface area contributed by atoms with Crippen LogP contribution in [-0.2, 0) is 23.3 Å². The van der Waals surface area contributed by atoms with Crippen molar-refractivity contribution in [3.05, 3.63) is 33.1 Å². The highest BCUT2D eigenvalue weighted by Gasteiger charge is 2.50. The Morgan fingerprint density at radius 2 is 2.00 bits per heavy atom. The van der Waals surface area contributed by atoms with Crippen molar-refractivity contribution in [1.29, 1.82) is 5.26 Å². The Balaban J connectivity index is 2.36. The quantitative estimate of drug-likeness (QED) is 0.183. The second-order valence-electron chi connectivity index (χ2n) is 9.23. The van der Waals surface area contributed by atoms with Gasteiger partial charge in [-0.3, -0.25) is 14.3 Å². The summed E-state index contributed by atoms with van der Waals surface area (Å²) < 4.78 is 33.1. The third-order valence-electron chi connectivity index (χ3n) is 5.70. The average molecular weight is 568 g/mol. The predicted octanol–water partition coefficient (Wildman–Crippen LogP) is 2.25. The molecule has 2 heterocycles. The summed E-state index contributed by atoms with van der Waals surface area (Å²) in [5, 5.41) is 11.6. The normalized spacial score (nSPS) is 21.6. The highest BCUT2D eigenvalue weighted by molar-refractivity contribution is 7.44. The SMILES string of the molecule is C#CCCCNC(=O)OC[C@H]1O[C@@H](n2ccc(=O)[nH]c2=O)[C@H](OC)[C@@H]1OP(OCCC#N)N(C(C)C)C(C)C. The van der Waals surface area contributed by atoms with Crippen molar-refractivity contribution >= 4 is 14.6 Å². The standard InChI is InChI=1S/C25H38N5O8P/c1-7-8-9-13-27-25(33)35-16-19-21(38-39(36-15-10-12-26)30(17(2)3)18(4)5)22(34-6)23(37-19)29-14-11-20(31)28-24(29)32/h1,11,14,17-19,21-23H,8-10,13,15-16H2,2-6H3,(H,27,33)(H,28,31,32)/t19-,21-,22-,23-,39?/m1/s1. The first-order valence-corrected chi connectivity index (χ1v) is 13.9. The van der Waals surface area contributed by atoms with Crippen molar-refractivity contribution in [1.82, 2.24) is 19.5 Å². The lowest BCUT2D eigenvalue weighted by Gasteiger charge is -2.38. The summed E-state index contributed by atoms with van der Waals surface area (Å²) >= 11 is 0. The van der Waals surface area contributed by atoms with E-state index >= 15 is 0 Å². The van der Waals surface area contributed by atoms with Gasteiger partial charge in [0.1, 0.15) is 24.9 Å². The smallest absolute Gasteiger partial charge is 0.407 e. The average Bonchev–Trinajstić information content (AvgIpc) is 3.21. The number of rotatable bonds is 15. The van der Waals surface area contributed by atoms with E-state index in [2.05, 4.69) is 22.3 Å². The van der Waals surface area contributed by atoms with E-state index in [0.29, 0.717) is 19.4 Å². The van der Waals surface area contributed by atoms with Crippen molar-refractivity contribution in [3.63, 3.8) is 0 Å². The molecule has 0 aliphatic carbocycles. The van der Waals surface area contributed by atoms with E-state index in [1.165, 1.54) is 23.9 Å². The fraction of sp³-hybridized carbons (Fsp3) is 0.680. The highest BCUT2D eigenvalue weighted by Crippen LogP contribution is 2.50. The molecule has 0 spiro atoms. The number of nitrogens with one attached hydrogen (secondary N) is 2. The Morgan fingerprint density at radius 3 is 2.59 bits per heavy atom. The molecule has 1 aromatic rings. The zero-order valence-corrected chi connectivity index (χ0v) is 23.9. The number of carbonyl (C=O) groups is 1. The van der Waals surface area contributed by atoms with Crippen LogP contribution >= 0.6 is 8.53 Å². The number of nitriles is 1. The maximum Gasteiger partial charge on any atom is 0.407 e. The van der Waals surface area contributed by atoms with E-state index in [4.69, 9.17) is 34.9 Å². The first-order valence-electron chi connectivity index (χ1n) is 12.7. The summed E-state index contributed by atoms with van der Waals surface area (Å²) in [6.07, 6.45) is 3.62. The van der Waals surface area contributed by atoms with E-state index in [0.717, 1.165) is 0 Å². The summed E-state index contributed by atoms with van der Waals surface area (Å²) in [4.78, 5) is 38.7. The van der Waals surface area contributed by atoms with Crippen LogP contribution in [0.25, 0.3) is 0 Å². The maximum absolute atomic E-state index is 12.6. The third kappa shape index (κ3) is 9.43. The van der Waals surface area contributed by atoms with E-state index in [1.807, 2.05) is 32.4 Å². The summed E-state index contributed by atoms with van der Waals surface area (Å²) in [5.74, 6) is 2.50. The molecule has 1 fully saturated rings. The molecule has 1 amide bonds. The molecule has 1 aliphatic heterocycles. The van der Waals surface area contributed by atoms with Crippen LogP contribution in [0.5, 0.6) is 0 Å². The highest BCUT2D eigenvalue weighted by atomic mass is 31.2. The number of hydrogen-bond acceptors (Lipinski definition) is 10. The number of hydrogen-bond donors (Lipinski definition) is 2. The number of unbranched alkanes of at least 4 members (excludes halogenated alkanes) is 1. The minimum Gasteiger partial charge on any atom is -0.447 e. The van der Waals surface area contributed by atoms with Gasteiger partial charge < -0.3 is 28.6 Å². The second-order valence-corrected chi connectivity index (χ2v) is 10.6. The zero-order valence-electron chi connectivity index (χ0n) is 23.0. The van der Waals surface area contributed by atoms with Crippen LogP contribution in [0.1, 0.15) is 53.2 Å². The number of terminal acetylenes is 1. The minimum atomic E-state index is -1.72. The van der Waals surface area contributed by atoms with Gasteiger partial charge in [0.25, 0.3) is 14.1 Å². The van der Waals surface area contributed by atoms with Gasteiger partial charge >= 0.3 is 11.8 Å². The van der Waals surface area contributed by atoms with Crippen LogP contribution in [0, 0.1) is 23.7 Å². The molecule has 39 heavy (non-hydrogen) atoms. The Labute approximate surface area is 229 Å². The first-order chi connectivity index (χ1) is 18.6. The number of methoxy groups -OCH3 is 1. The molecule has 14 heteroatoms. The molecule has 0 radical (unpaired) electrons. The van der Waals surface area contributed by atoms with Gasteiger partial charge in [0.15, 0.2) is 6.23 Å². The first kappa shape index (κ1) is 32.4. The summed E-state index contributed by atoms with van der Waals surface area (Å²) in [6.45, 7) is 8.27. The molecular formula is C25H38N5O8P. The van der Waals surface area contributed by atoms with Gasteiger partial charge in [-0.1, -0.05) is 0 Å². The number of amides is 1. The number of H-pyrrole nitrogens is 1. The molecule has 216 valence electrons. The van der Waals surface area contributed by atoms with Crippen molar-refractivity contribution in [2.45, 2.75) is 83.6 Å². The van der Waals surface area contributed by atoms with Gasteiger partial charge in [0.05, 0.1) is 19.1 Å². The Hall–Kier alpha value is -2.77. The van der Waals surface area contributed by atoms with Crippen LogP contribution < -0.4 is 16.6 Å². The van der Waals surface area contributed by atoms with Gasteiger partial charge in [-0.25, -0.2) is 14.3 Å². The molecule has 5 atom stereocenters. The third-order valence-corrected chi connectivity index (χ3v) is 7.83. The topological polar surface area (TPSA) is 157 Å². The van der Waals surface area contributed by atoms with Crippen LogP contribution in [-0.4, -0.2) is 77.6 Å². The van der Waals surface area contributed by atoms with Crippen LogP contribution in [0.3, 0.4) is 0 Å². The predicted molar refractivity (Wildman–Crippen MR) is 144 cm³/mol. The molecule has 2 N–H and O–H groups in total. The molecule has 0 bridgehead atoms.